The van der Waals surface area contributed by atoms with Crippen LogP contribution in [0.1, 0.15) is 65.2 Å². The van der Waals surface area contributed by atoms with Gasteiger partial charge < -0.3 is 5.11 Å². The molecule has 1 N–H and O–H groups in total. The average Bonchev–Trinajstić information content (AvgIpc) is 2.83. The van der Waals surface area contributed by atoms with E-state index in [9.17, 15) is 14.7 Å². The molecule has 7 atom stereocenters. The van der Waals surface area contributed by atoms with Crippen LogP contribution in [0, 0.1) is 40.4 Å². The maximum atomic E-state index is 12.5. The summed E-state index contributed by atoms with van der Waals surface area (Å²) in [7, 11) is 0. The summed E-state index contributed by atoms with van der Waals surface area (Å²) in [5.74, 6) is 3.16. The number of aliphatic hydroxyl groups is 1. The first-order valence-electron chi connectivity index (χ1n) is 9.56. The maximum Gasteiger partial charge on any atom is 0.139 e. The number of rotatable bonds is 1. The third kappa shape index (κ3) is 2.04. The van der Waals surface area contributed by atoms with E-state index >= 15 is 0 Å². The van der Waals surface area contributed by atoms with Gasteiger partial charge in [-0.05, 0) is 67.1 Å². The van der Waals surface area contributed by atoms with Gasteiger partial charge in [0, 0.05) is 31.3 Å². The van der Waals surface area contributed by atoms with Crippen LogP contribution in [0.4, 0.5) is 0 Å². The molecule has 128 valence electrons. The number of hydrogen-bond donors (Lipinski definition) is 1. The van der Waals surface area contributed by atoms with Gasteiger partial charge in [-0.25, -0.2) is 0 Å². The van der Waals surface area contributed by atoms with E-state index in [-0.39, 0.29) is 17.4 Å². The smallest absolute Gasteiger partial charge is 0.139 e. The molecular formula is C20H30O3. The quantitative estimate of drug-likeness (QED) is 0.806. The van der Waals surface area contributed by atoms with Crippen molar-refractivity contribution < 1.29 is 14.7 Å². The molecule has 4 aliphatic carbocycles. The number of hydrogen-bond acceptors (Lipinski definition) is 3. The van der Waals surface area contributed by atoms with Gasteiger partial charge in [0.05, 0.1) is 0 Å². The van der Waals surface area contributed by atoms with Gasteiger partial charge in [0.25, 0.3) is 0 Å². The molecule has 0 saturated heterocycles. The Morgan fingerprint density at radius 3 is 2.61 bits per heavy atom. The Balaban J connectivity index is 1.72. The highest BCUT2D eigenvalue weighted by Crippen LogP contribution is 2.66. The monoisotopic (exact) mass is 318 g/mol. The number of carbonyl (C=O) groups excluding carboxylic acids is 2. The van der Waals surface area contributed by atoms with E-state index in [0.717, 1.165) is 51.4 Å². The van der Waals surface area contributed by atoms with Gasteiger partial charge in [-0.1, -0.05) is 13.8 Å². The van der Waals surface area contributed by atoms with Crippen LogP contribution < -0.4 is 0 Å². The fraction of sp³-hybridized carbons (Fsp3) is 0.900. The minimum atomic E-state index is -0.137. The Hall–Kier alpha value is -0.700. The first-order chi connectivity index (χ1) is 10.9. The van der Waals surface area contributed by atoms with E-state index in [4.69, 9.17) is 0 Å². The summed E-state index contributed by atoms with van der Waals surface area (Å²) >= 11 is 0. The Bertz CT molecular complexity index is 541. The zero-order valence-electron chi connectivity index (χ0n) is 14.5. The van der Waals surface area contributed by atoms with E-state index in [1.807, 2.05) is 0 Å². The maximum absolute atomic E-state index is 12.5. The van der Waals surface area contributed by atoms with Gasteiger partial charge in [-0.2, -0.15) is 0 Å². The first kappa shape index (κ1) is 15.8. The van der Waals surface area contributed by atoms with Crippen molar-refractivity contribution >= 4 is 11.6 Å². The Labute approximate surface area is 139 Å². The molecule has 0 amide bonds. The second kappa shape index (κ2) is 5.15. The first-order valence-corrected chi connectivity index (χ1v) is 9.56. The molecule has 4 rings (SSSR count). The molecule has 0 heterocycles. The zero-order valence-corrected chi connectivity index (χ0v) is 14.5. The van der Waals surface area contributed by atoms with E-state index in [2.05, 4.69) is 13.8 Å². The predicted octanol–water partition coefficient (Wildman–Crippen LogP) is 3.39. The van der Waals surface area contributed by atoms with Crippen molar-refractivity contribution in [2.24, 2.45) is 40.4 Å². The number of Topliss-reactive ketones (excluding diaryl/α,β-unsaturated/α-hetero) is 2. The number of carbonyl (C=O) groups is 2. The predicted molar refractivity (Wildman–Crippen MR) is 87.7 cm³/mol. The molecule has 4 aliphatic rings. The molecule has 4 saturated carbocycles. The van der Waals surface area contributed by atoms with Crippen molar-refractivity contribution in [2.75, 3.05) is 6.61 Å². The molecule has 0 radical (unpaired) electrons. The lowest BCUT2D eigenvalue weighted by atomic mass is 9.43. The van der Waals surface area contributed by atoms with E-state index < -0.39 is 0 Å². The van der Waals surface area contributed by atoms with Crippen LogP contribution in [0.5, 0.6) is 0 Å². The summed E-state index contributed by atoms with van der Waals surface area (Å²) in [6, 6.07) is 0. The lowest BCUT2D eigenvalue weighted by Gasteiger charge is -2.61. The van der Waals surface area contributed by atoms with Crippen LogP contribution in [0.15, 0.2) is 0 Å². The van der Waals surface area contributed by atoms with Crippen LogP contribution >= 0.6 is 0 Å². The minimum Gasteiger partial charge on any atom is -0.396 e. The number of fused-ring (bicyclic) bond motifs is 5. The van der Waals surface area contributed by atoms with Crippen molar-refractivity contribution in [1.82, 2.24) is 0 Å². The highest BCUT2D eigenvalue weighted by molar-refractivity contribution is 5.87. The van der Waals surface area contributed by atoms with E-state index in [0.29, 0.717) is 41.2 Å². The molecule has 4 fully saturated rings. The second-order valence-corrected chi connectivity index (χ2v) is 9.33. The van der Waals surface area contributed by atoms with Gasteiger partial charge in [-0.3, -0.25) is 9.59 Å². The molecule has 23 heavy (non-hydrogen) atoms. The van der Waals surface area contributed by atoms with Crippen molar-refractivity contribution in [2.45, 2.75) is 65.2 Å². The Morgan fingerprint density at radius 1 is 1.09 bits per heavy atom. The molecule has 3 nitrogen and oxygen atoms in total. The van der Waals surface area contributed by atoms with Crippen molar-refractivity contribution in [3.8, 4) is 0 Å². The van der Waals surface area contributed by atoms with Crippen LogP contribution in [-0.4, -0.2) is 23.3 Å². The summed E-state index contributed by atoms with van der Waals surface area (Å²) in [6.45, 7) is 4.83. The second-order valence-electron chi connectivity index (χ2n) is 9.33. The summed E-state index contributed by atoms with van der Waals surface area (Å²) < 4.78 is 0. The molecule has 1 unspecified atom stereocenters. The molecule has 0 bridgehead atoms. The number of ketones is 2. The van der Waals surface area contributed by atoms with Crippen LogP contribution in [0.2, 0.25) is 0 Å². The third-order valence-electron chi connectivity index (χ3n) is 8.60. The molecule has 0 aromatic rings. The highest BCUT2D eigenvalue weighted by Gasteiger charge is 2.62. The topological polar surface area (TPSA) is 54.4 Å². The normalized spacial score (nSPS) is 52.7. The zero-order chi connectivity index (χ0) is 16.4. The standard InChI is InChI=1S/C20H30O3/c1-19-7-5-14(22)10-13(19)9-12(11-21)18-15-3-4-17(23)20(15,2)8-6-16(18)19/h12-13,15-16,18,21H,3-11H2,1-2H3/t12-,13?,15+,16+,18+,19+,20+/m1/s1. The highest BCUT2D eigenvalue weighted by atomic mass is 16.3. The summed E-state index contributed by atoms with van der Waals surface area (Å²) in [5.41, 5.74) is 0.111. The minimum absolute atomic E-state index is 0.137. The molecule has 0 aromatic carbocycles. The number of aliphatic hydroxyl groups excluding tert-OH is 1. The SMILES string of the molecule is C[C@]12CCC(=O)CC1C[C@H](CO)[C@@H]1[C@@H]2CC[C@]2(C)C(=O)CC[C@@H]12. The fourth-order valence-corrected chi connectivity index (χ4v) is 7.18. The van der Waals surface area contributed by atoms with Crippen molar-refractivity contribution in [3.63, 3.8) is 0 Å². The van der Waals surface area contributed by atoms with Crippen LogP contribution in [0.3, 0.4) is 0 Å². The van der Waals surface area contributed by atoms with E-state index in [1.54, 1.807) is 0 Å². The van der Waals surface area contributed by atoms with Gasteiger partial charge in [0.1, 0.15) is 11.6 Å². The summed E-state index contributed by atoms with van der Waals surface area (Å²) in [5, 5.41) is 10.1. The van der Waals surface area contributed by atoms with Gasteiger partial charge >= 0.3 is 0 Å². The lowest BCUT2D eigenvalue weighted by molar-refractivity contribution is -0.157. The van der Waals surface area contributed by atoms with Gasteiger partial charge in [0.15, 0.2) is 0 Å². The summed E-state index contributed by atoms with van der Waals surface area (Å²) in [6.07, 6.45) is 7.35. The van der Waals surface area contributed by atoms with Crippen LogP contribution in [-0.2, 0) is 9.59 Å². The Morgan fingerprint density at radius 2 is 1.87 bits per heavy atom. The molecule has 0 aromatic heterocycles. The third-order valence-corrected chi connectivity index (χ3v) is 8.60. The fourth-order valence-electron chi connectivity index (χ4n) is 7.18. The molecular weight excluding hydrogens is 288 g/mol. The van der Waals surface area contributed by atoms with Gasteiger partial charge in [0.2, 0.25) is 0 Å². The van der Waals surface area contributed by atoms with Crippen LogP contribution in [0.25, 0.3) is 0 Å². The molecule has 3 heteroatoms. The molecule has 0 aliphatic heterocycles. The summed E-state index contributed by atoms with van der Waals surface area (Å²) in [4.78, 5) is 24.5. The van der Waals surface area contributed by atoms with Gasteiger partial charge in [-0.15, -0.1) is 0 Å². The van der Waals surface area contributed by atoms with Crippen molar-refractivity contribution in [3.05, 3.63) is 0 Å². The Kier molecular flexibility index (Phi) is 3.54. The van der Waals surface area contributed by atoms with E-state index in [1.165, 1.54) is 0 Å². The van der Waals surface area contributed by atoms with Crippen molar-refractivity contribution in [1.29, 1.82) is 0 Å². The average molecular weight is 318 g/mol. The lowest BCUT2D eigenvalue weighted by Crippen LogP contribution is -2.57. The largest absolute Gasteiger partial charge is 0.396 e. The molecule has 0 spiro atoms.